The van der Waals surface area contributed by atoms with E-state index in [4.69, 9.17) is 4.74 Å². The van der Waals surface area contributed by atoms with Crippen molar-refractivity contribution in [2.24, 2.45) is 0 Å². The average molecular weight is 452 g/mol. The van der Waals surface area contributed by atoms with E-state index < -0.39 is 22.6 Å². The van der Waals surface area contributed by atoms with Crippen molar-refractivity contribution in [3.8, 4) is 0 Å². The second-order valence-electron chi connectivity index (χ2n) is 7.47. The minimum absolute atomic E-state index is 0.00250. The summed E-state index contributed by atoms with van der Waals surface area (Å²) in [6.45, 7) is 1.49. The molecule has 11 heteroatoms. The highest BCUT2D eigenvalue weighted by Gasteiger charge is 2.34. The van der Waals surface area contributed by atoms with Crippen molar-refractivity contribution in [3.05, 3.63) is 63.2 Å². The number of nitro groups is 1. The summed E-state index contributed by atoms with van der Waals surface area (Å²) in [5.41, 5.74) is -0.376. The summed E-state index contributed by atoms with van der Waals surface area (Å²) >= 11 is 0. The van der Waals surface area contributed by atoms with E-state index in [1.54, 1.807) is 25.1 Å². The van der Waals surface area contributed by atoms with Gasteiger partial charge in [0.2, 0.25) is 0 Å². The number of nitrogens with one attached hydrogen (secondary N) is 1. The number of hydrogen-bond donors (Lipinski definition) is 1. The minimum atomic E-state index is -4.61. The second kappa shape index (κ2) is 9.43. The highest BCUT2D eigenvalue weighted by molar-refractivity contribution is 6.00. The number of hydrogen-bond acceptors (Lipinski definition) is 6. The van der Waals surface area contributed by atoms with Gasteiger partial charge >= 0.3 is 6.18 Å². The van der Waals surface area contributed by atoms with E-state index in [0.717, 1.165) is 12.1 Å². The van der Waals surface area contributed by atoms with Crippen LogP contribution in [0.25, 0.3) is 0 Å². The lowest BCUT2D eigenvalue weighted by atomic mass is 10.0. The Morgan fingerprint density at radius 1 is 1.19 bits per heavy atom. The van der Waals surface area contributed by atoms with E-state index in [0.29, 0.717) is 37.7 Å². The highest BCUT2D eigenvalue weighted by Crippen LogP contribution is 2.35. The number of nitrogens with zero attached hydrogens (tertiary/aromatic N) is 3. The van der Waals surface area contributed by atoms with Crippen LogP contribution < -0.4 is 15.1 Å². The Bertz CT molecular complexity index is 1010. The van der Waals surface area contributed by atoms with Crippen LogP contribution in [0.4, 0.5) is 30.2 Å². The number of benzene rings is 2. The molecule has 1 aliphatic rings. The molecule has 0 saturated carbocycles. The highest BCUT2D eigenvalue weighted by atomic mass is 19.4. The van der Waals surface area contributed by atoms with E-state index in [2.05, 4.69) is 5.32 Å². The Morgan fingerprint density at radius 2 is 1.88 bits per heavy atom. The van der Waals surface area contributed by atoms with Gasteiger partial charge in [0.15, 0.2) is 0 Å². The molecule has 0 atom stereocenters. The van der Waals surface area contributed by atoms with Crippen molar-refractivity contribution in [1.82, 2.24) is 5.32 Å². The van der Waals surface area contributed by atoms with Gasteiger partial charge in [-0.1, -0.05) is 6.07 Å². The number of morpholine rings is 1. The average Bonchev–Trinajstić information content (AvgIpc) is 2.76. The number of anilines is 2. The Morgan fingerprint density at radius 3 is 2.47 bits per heavy atom. The molecule has 0 aromatic heterocycles. The van der Waals surface area contributed by atoms with Crippen molar-refractivity contribution < 1.29 is 27.6 Å². The maximum atomic E-state index is 13.7. The van der Waals surface area contributed by atoms with Gasteiger partial charge in [-0.05, 0) is 23.8 Å². The van der Waals surface area contributed by atoms with Crippen LogP contribution in [0.15, 0.2) is 36.4 Å². The van der Waals surface area contributed by atoms with Crippen LogP contribution in [0.2, 0.25) is 0 Å². The molecule has 1 aliphatic heterocycles. The van der Waals surface area contributed by atoms with Gasteiger partial charge in [0, 0.05) is 57.2 Å². The third-order valence-corrected chi connectivity index (χ3v) is 5.13. The fourth-order valence-corrected chi connectivity index (χ4v) is 3.48. The quantitative estimate of drug-likeness (QED) is 0.534. The summed E-state index contributed by atoms with van der Waals surface area (Å²) in [6.07, 6.45) is -4.61. The summed E-state index contributed by atoms with van der Waals surface area (Å²) < 4.78 is 46.4. The lowest BCUT2D eigenvalue weighted by Gasteiger charge is -2.29. The van der Waals surface area contributed by atoms with E-state index in [9.17, 15) is 28.1 Å². The Kier molecular flexibility index (Phi) is 6.87. The lowest BCUT2D eigenvalue weighted by Crippen LogP contribution is -2.36. The largest absolute Gasteiger partial charge is 0.416 e. The predicted octanol–water partition coefficient (Wildman–Crippen LogP) is 3.45. The fraction of sp³-hybridized carbons (Fsp3) is 0.381. The molecule has 1 heterocycles. The number of non-ortho nitro benzene ring substituents is 1. The van der Waals surface area contributed by atoms with Crippen LogP contribution in [-0.2, 0) is 17.5 Å². The summed E-state index contributed by atoms with van der Waals surface area (Å²) in [6, 6.07) is 7.79. The first kappa shape index (κ1) is 23.3. The molecule has 3 rings (SSSR count). The molecule has 2 aromatic rings. The molecular weight excluding hydrogens is 429 g/mol. The molecule has 1 amide bonds. The Balaban J connectivity index is 1.85. The van der Waals surface area contributed by atoms with E-state index >= 15 is 0 Å². The molecule has 8 nitrogen and oxygen atoms in total. The first-order valence-corrected chi connectivity index (χ1v) is 9.84. The third-order valence-electron chi connectivity index (χ3n) is 5.13. The molecule has 1 N–H and O–H groups in total. The summed E-state index contributed by atoms with van der Waals surface area (Å²) in [4.78, 5) is 26.6. The van der Waals surface area contributed by atoms with Crippen molar-refractivity contribution in [3.63, 3.8) is 0 Å². The monoisotopic (exact) mass is 452 g/mol. The Hall–Kier alpha value is -3.34. The van der Waals surface area contributed by atoms with Crippen LogP contribution in [0, 0.1) is 10.1 Å². The van der Waals surface area contributed by atoms with Gasteiger partial charge < -0.3 is 19.9 Å². The molecule has 172 valence electrons. The van der Waals surface area contributed by atoms with Crippen LogP contribution in [0.1, 0.15) is 21.5 Å². The van der Waals surface area contributed by atoms with E-state index in [1.165, 1.54) is 18.2 Å². The first-order chi connectivity index (χ1) is 15.1. The number of rotatable bonds is 6. The zero-order chi connectivity index (χ0) is 23.5. The maximum absolute atomic E-state index is 13.7. The van der Waals surface area contributed by atoms with Gasteiger partial charge in [-0.3, -0.25) is 14.9 Å². The number of nitro benzene ring substituents is 1. The van der Waals surface area contributed by atoms with Crippen molar-refractivity contribution in [1.29, 1.82) is 0 Å². The number of halogens is 3. The van der Waals surface area contributed by atoms with E-state index in [-0.39, 0.29) is 23.4 Å². The molecule has 32 heavy (non-hydrogen) atoms. The zero-order valence-corrected chi connectivity index (χ0v) is 17.6. The molecule has 2 aromatic carbocycles. The number of carbonyl (C=O) groups excluding carboxylic acids is 1. The molecule has 0 radical (unpaired) electrons. The number of alkyl halides is 3. The van der Waals surface area contributed by atoms with Gasteiger partial charge in [0.1, 0.15) is 0 Å². The van der Waals surface area contributed by atoms with Gasteiger partial charge in [-0.15, -0.1) is 0 Å². The second-order valence-corrected chi connectivity index (χ2v) is 7.47. The smallest absolute Gasteiger partial charge is 0.378 e. The lowest BCUT2D eigenvalue weighted by molar-refractivity contribution is -0.384. The van der Waals surface area contributed by atoms with Gasteiger partial charge in [-0.25, -0.2) is 0 Å². The van der Waals surface area contributed by atoms with Gasteiger partial charge in [0.25, 0.3) is 11.6 Å². The molecule has 0 unspecified atom stereocenters. The van der Waals surface area contributed by atoms with Crippen LogP contribution in [0.5, 0.6) is 0 Å². The molecule has 0 spiro atoms. The summed E-state index contributed by atoms with van der Waals surface area (Å²) in [5.74, 6) is -0.706. The van der Waals surface area contributed by atoms with Crippen LogP contribution in [-0.4, -0.2) is 51.2 Å². The number of amides is 1. The SMILES string of the molecule is CN(C)c1ccc([N+](=O)[O-])cc1C(=O)NCc1ccc(N2CCOCC2)cc1C(F)(F)F. The number of ether oxygens (including phenoxy) is 1. The first-order valence-electron chi connectivity index (χ1n) is 9.84. The minimum Gasteiger partial charge on any atom is -0.378 e. The molecule has 1 saturated heterocycles. The van der Waals surface area contributed by atoms with Gasteiger partial charge in [0.05, 0.1) is 29.3 Å². The fourth-order valence-electron chi connectivity index (χ4n) is 3.48. The normalized spacial score (nSPS) is 14.2. The molecular formula is C21H23F3N4O4. The molecule has 0 aliphatic carbocycles. The number of carbonyl (C=O) groups is 1. The predicted molar refractivity (Wildman–Crippen MR) is 113 cm³/mol. The van der Waals surface area contributed by atoms with Crippen molar-refractivity contribution in [2.45, 2.75) is 12.7 Å². The van der Waals surface area contributed by atoms with Crippen molar-refractivity contribution >= 4 is 23.0 Å². The topological polar surface area (TPSA) is 87.9 Å². The van der Waals surface area contributed by atoms with Crippen LogP contribution in [0.3, 0.4) is 0 Å². The van der Waals surface area contributed by atoms with E-state index in [1.807, 2.05) is 4.90 Å². The zero-order valence-electron chi connectivity index (χ0n) is 17.6. The summed E-state index contributed by atoms with van der Waals surface area (Å²) in [7, 11) is 3.31. The summed E-state index contributed by atoms with van der Waals surface area (Å²) in [5, 5.41) is 13.5. The molecule has 1 fully saturated rings. The molecule has 0 bridgehead atoms. The Labute approximate surface area is 182 Å². The standard InChI is InChI=1S/C21H23F3N4O4/c1-26(2)19-6-5-16(28(30)31)11-17(19)20(29)25-13-14-3-4-15(12-18(14)21(22,23)24)27-7-9-32-10-8-27/h3-6,11-12H,7-10,13H2,1-2H3,(H,25,29). The third kappa shape index (κ3) is 5.28. The maximum Gasteiger partial charge on any atom is 0.416 e. The van der Waals surface area contributed by atoms with Crippen LogP contribution >= 0.6 is 0 Å². The van der Waals surface area contributed by atoms with Gasteiger partial charge in [-0.2, -0.15) is 13.2 Å². The van der Waals surface area contributed by atoms with Crippen molar-refractivity contribution in [2.75, 3.05) is 50.2 Å².